The molecular formula is C15H29NO2S. The zero-order chi connectivity index (χ0) is 14.5. The van der Waals surface area contributed by atoms with Crippen LogP contribution in [0.1, 0.15) is 53.9 Å². The molecule has 1 saturated carbocycles. The van der Waals surface area contributed by atoms with Gasteiger partial charge >= 0.3 is 5.97 Å². The Hall–Kier alpha value is -0.220. The smallest absolute Gasteiger partial charge is 0.326 e. The Labute approximate surface area is 122 Å². The van der Waals surface area contributed by atoms with E-state index in [9.17, 15) is 4.79 Å². The number of carbonyl (C=O) groups is 1. The molecule has 0 heterocycles. The Morgan fingerprint density at radius 3 is 2.53 bits per heavy atom. The van der Waals surface area contributed by atoms with E-state index >= 15 is 0 Å². The average molecular weight is 287 g/mol. The molecule has 3 nitrogen and oxygen atoms in total. The van der Waals surface area contributed by atoms with Crippen molar-refractivity contribution in [1.29, 1.82) is 0 Å². The predicted octanol–water partition coefficient (Wildman–Crippen LogP) is 3.23. The summed E-state index contributed by atoms with van der Waals surface area (Å²) in [4.78, 5) is 12.1. The third kappa shape index (κ3) is 5.74. The monoisotopic (exact) mass is 287 g/mol. The summed E-state index contributed by atoms with van der Waals surface area (Å²) >= 11 is 1.95. The Kier molecular flexibility index (Phi) is 6.67. The summed E-state index contributed by atoms with van der Waals surface area (Å²) < 4.78 is 5.23. The second-order valence-corrected chi connectivity index (χ2v) is 7.53. The summed E-state index contributed by atoms with van der Waals surface area (Å²) in [5, 5.41) is 4.10. The molecule has 0 aromatic rings. The van der Waals surface area contributed by atoms with E-state index in [2.05, 4.69) is 26.1 Å². The average Bonchev–Trinajstić information content (AvgIpc) is 3.12. The summed E-state index contributed by atoms with van der Waals surface area (Å²) in [5.74, 6) is 1.57. The minimum atomic E-state index is -0.513. The summed E-state index contributed by atoms with van der Waals surface area (Å²) in [6, 6.07) is 0.516. The van der Waals surface area contributed by atoms with E-state index in [0.717, 1.165) is 12.2 Å². The van der Waals surface area contributed by atoms with Crippen molar-refractivity contribution in [3.05, 3.63) is 0 Å². The van der Waals surface area contributed by atoms with Crippen LogP contribution in [-0.2, 0) is 9.53 Å². The highest BCUT2D eigenvalue weighted by Crippen LogP contribution is 2.27. The van der Waals surface area contributed by atoms with Crippen LogP contribution in [0.25, 0.3) is 0 Å². The lowest BCUT2D eigenvalue weighted by Crippen LogP contribution is -2.52. The largest absolute Gasteiger partial charge is 0.465 e. The molecule has 1 fully saturated rings. The predicted molar refractivity (Wildman–Crippen MR) is 82.6 cm³/mol. The minimum absolute atomic E-state index is 0.0975. The van der Waals surface area contributed by atoms with Gasteiger partial charge in [0.05, 0.1) is 6.61 Å². The number of carbonyl (C=O) groups excluding carboxylic acids is 1. The zero-order valence-corrected chi connectivity index (χ0v) is 13.8. The minimum Gasteiger partial charge on any atom is -0.465 e. The molecular weight excluding hydrogens is 258 g/mol. The molecule has 0 bridgehead atoms. The molecule has 112 valence electrons. The fourth-order valence-corrected chi connectivity index (χ4v) is 3.13. The van der Waals surface area contributed by atoms with Gasteiger partial charge in [-0.3, -0.25) is 10.1 Å². The van der Waals surface area contributed by atoms with Crippen LogP contribution in [-0.4, -0.2) is 35.2 Å². The van der Waals surface area contributed by atoms with Crippen LogP contribution in [0.2, 0.25) is 0 Å². The second-order valence-electron chi connectivity index (χ2n) is 6.04. The van der Waals surface area contributed by atoms with Crippen molar-refractivity contribution in [2.24, 2.45) is 5.92 Å². The number of thioether (sulfide) groups is 1. The standard InChI is InChI=1S/C15H29NO2S/c1-6-18-14(17)15(5,16-13-7-8-13)9-10-19-12(4)11(2)3/h11-13,16H,6-10H2,1-5H3. The van der Waals surface area contributed by atoms with Gasteiger partial charge in [-0.15, -0.1) is 0 Å². The fourth-order valence-electron chi connectivity index (χ4n) is 1.84. The van der Waals surface area contributed by atoms with Crippen LogP contribution in [0.15, 0.2) is 0 Å². The molecule has 0 radical (unpaired) electrons. The second kappa shape index (κ2) is 7.53. The highest BCUT2D eigenvalue weighted by atomic mass is 32.2. The van der Waals surface area contributed by atoms with Gasteiger partial charge in [0, 0.05) is 11.3 Å². The number of hydrogen-bond acceptors (Lipinski definition) is 4. The third-order valence-corrected chi connectivity index (χ3v) is 5.26. The van der Waals surface area contributed by atoms with Crippen molar-refractivity contribution in [3.63, 3.8) is 0 Å². The summed E-state index contributed by atoms with van der Waals surface area (Å²) in [6.45, 7) is 11.0. The lowest BCUT2D eigenvalue weighted by atomic mass is 9.99. The van der Waals surface area contributed by atoms with Crippen molar-refractivity contribution in [3.8, 4) is 0 Å². The number of ether oxygens (including phenoxy) is 1. The first-order valence-electron chi connectivity index (χ1n) is 7.45. The molecule has 1 rings (SSSR count). The highest BCUT2D eigenvalue weighted by Gasteiger charge is 2.39. The van der Waals surface area contributed by atoms with Crippen molar-refractivity contribution >= 4 is 17.7 Å². The number of esters is 1. The molecule has 0 saturated heterocycles. The zero-order valence-electron chi connectivity index (χ0n) is 13.0. The number of rotatable bonds is 9. The molecule has 0 aromatic carbocycles. The highest BCUT2D eigenvalue weighted by molar-refractivity contribution is 7.99. The Morgan fingerprint density at radius 2 is 2.05 bits per heavy atom. The third-order valence-electron chi connectivity index (χ3n) is 3.75. The quantitative estimate of drug-likeness (QED) is 0.661. The topological polar surface area (TPSA) is 38.3 Å². The van der Waals surface area contributed by atoms with Gasteiger partial charge in [0.1, 0.15) is 5.54 Å². The van der Waals surface area contributed by atoms with Gasteiger partial charge in [-0.05, 0) is 44.8 Å². The molecule has 19 heavy (non-hydrogen) atoms. The van der Waals surface area contributed by atoms with Crippen LogP contribution >= 0.6 is 11.8 Å². The molecule has 2 atom stereocenters. The van der Waals surface area contributed by atoms with E-state index in [1.165, 1.54) is 12.8 Å². The Morgan fingerprint density at radius 1 is 1.42 bits per heavy atom. The van der Waals surface area contributed by atoms with Crippen molar-refractivity contribution in [2.45, 2.75) is 70.7 Å². The fraction of sp³-hybridized carbons (Fsp3) is 0.933. The van der Waals surface area contributed by atoms with Crippen LogP contribution in [0.4, 0.5) is 0 Å². The maximum Gasteiger partial charge on any atom is 0.326 e. The number of hydrogen-bond donors (Lipinski definition) is 1. The van der Waals surface area contributed by atoms with E-state index in [4.69, 9.17) is 4.74 Å². The van der Waals surface area contributed by atoms with Crippen LogP contribution in [0.5, 0.6) is 0 Å². The van der Waals surface area contributed by atoms with Crippen molar-refractivity contribution in [2.75, 3.05) is 12.4 Å². The lowest BCUT2D eigenvalue weighted by Gasteiger charge is -2.29. The summed E-state index contributed by atoms with van der Waals surface area (Å²) in [6.07, 6.45) is 3.21. The van der Waals surface area contributed by atoms with Crippen molar-refractivity contribution < 1.29 is 9.53 Å². The molecule has 0 spiro atoms. The number of nitrogens with one attached hydrogen (secondary N) is 1. The van der Waals surface area contributed by atoms with Crippen molar-refractivity contribution in [1.82, 2.24) is 5.32 Å². The van der Waals surface area contributed by atoms with E-state index in [-0.39, 0.29) is 5.97 Å². The molecule has 1 aliphatic rings. The molecule has 2 unspecified atom stereocenters. The first-order valence-corrected chi connectivity index (χ1v) is 8.50. The van der Waals surface area contributed by atoms with Gasteiger partial charge in [0.15, 0.2) is 0 Å². The summed E-state index contributed by atoms with van der Waals surface area (Å²) in [5.41, 5.74) is -0.513. The molecule has 0 aliphatic heterocycles. The van der Waals surface area contributed by atoms with Crippen LogP contribution in [0.3, 0.4) is 0 Å². The lowest BCUT2D eigenvalue weighted by molar-refractivity contribution is -0.150. The van der Waals surface area contributed by atoms with E-state index in [0.29, 0.717) is 23.8 Å². The van der Waals surface area contributed by atoms with Gasteiger partial charge in [0.2, 0.25) is 0 Å². The van der Waals surface area contributed by atoms with Gasteiger partial charge < -0.3 is 4.74 Å². The molecule has 0 aromatic heterocycles. The van der Waals surface area contributed by atoms with Gasteiger partial charge in [-0.2, -0.15) is 11.8 Å². The maximum atomic E-state index is 12.1. The normalized spacial score (nSPS) is 20.1. The summed E-state index contributed by atoms with van der Waals surface area (Å²) in [7, 11) is 0. The van der Waals surface area contributed by atoms with Crippen LogP contribution < -0.4 is 5.32 Å². The molecule has 4 heteroatoms. The first-order chi connectivity index (χ1) is 8.89. The molecule has 1 N–H and O–H groups in total. The molecule has 1 aliphatic carbocycles. The van der Waals surface area contributed by atoms with Crippen LogP contribution in [0, 0.1) is 5.92 Å². The van der Waals surface area contributed by atoms with Gasteiger partial charge in [0.25, 0.3) is 0 Å². The Balaban J connectivity index is 2.46. The van der Waals surface area contributed by atoms with Gasteiger partial charge in [-0.1, -0.05) is 20.8 Å². The first kappa shape index (κ1) is 16.8. The maximum absolute atomic E-state index is 12.1. The van der Waals surface area contributed by atoms with E-state index in [1.807, 2.05) is 25.6 Å². The van der Waals surface area contributed by atoms with Gasteiger partial charge in [-0.25, -0.2) is 0 Å². The van der Waals surface area contributed by atoms with E-state index < -0.39 is 5.54 Å². The molecule has 0 amide bonds. The SMILES string of the molecule is CCOC(=O)C(C)(CCSC(C)C(C)C)NC1CC1. The van der Waals surface area contributed by atoms with E-state index in [1.54, 1.807) is 0 Å². The Bertz CT molecular complexity index is 292.